The van der Waals surface area contributed by atoms with Gasteiger partial charge in [0, 0.05) is 29.9 Å². The van der Waals surface area contributed by atoms with Crippen LogP contribution >= 0.6 is 0 Å². The standard InChI is InChI=1S/C13H13FN2O/c1-17-13-5-3-10(8-16-13)11-6-9(7-15)2-4-12(11)14/h2-6,8H,7,15H2,1H3. The molecule has 2 rings (SSSR count). The third-order valence-corrected chi connectivity index (χ3v) is 2.52. The Morgan fingerprint density at radius 1 is 1.29 bits per heavy atom. The molecule has 4 heteroatoms. The van der Waals surface area contributed by atoms with Crippen molar-refractivity contribution in [2.75, 3.05) is 7.11 Å². The van der Waals surface area contributed by atoms with E-state index in [2.05, 4.69) is 4.98 Å². The van der Waals surface area contributed by atoms with Crippen LogP contribution in [0.1, 0.15) is 5.56 Å². The van der Waals surface area contributed by atoms with Crippen molar-refractivity contribution >= 4 is 0 Å². The fraction of sp³-hybridized carbons (Fsp3) is 0.154. The Balaban J connectivity index is 2.43. The molecule has 2 N–H and O–H groups in total. The number of ether oxygens (including phenoxy) is 1. The number of halogens is 1. The quantitative estimate of drug-likeness (QED) is 0.883. The van der Waals surface area contributed by atoms with Gasteiger partial charge in [-0.1, -0.05) is 6.07 Å². The number of pyridine rings is 1. The number of hydrogen-bond acceptors (Lipinski definition) is 3. The summed E-state index contributed by atoms with van der Waals surface area (Å²) in [5.41, 5.74) is 7.63. The Morgan fingerprint density at radius 2 is 2.12 bits per heavy atom. The Bertz CT molecular complexity index is 511. The normalized spacial score (nSPS) is 10.3. The molecule has 0 aliphatic heterocycles. The maximum absolute atomic E-state index is 13.7. The van der Waals surface area contributed by atoms with Crippen molar-refractivity contribution < 1.29 is 9.13 Å². The van der Waals surface area contributed by atoms with Gasteiger partial charge in [-0.3, -0.25) is 0 Å². The number of nitrogens with zero attached hydrogens (tertiary/aromatic N) is 1. The summed E-state index contributed by atoms with van der Waals surface area (Å²) in [7, 11) is 1.54. The predicted molar refractivity (Wildman–Crippen MR) is 64.1 cm³/mol. The van der Waals surface area contributed by atoms with Crippen LogP contribution in [0.5, 0.6) is 5.88 Å². The second-order valence-corrected chi connectivity index (χ2v) is 3.61. The molecule has 0 spiro atoms. The molecular weight excluding hydrogens is 219 g/mol. The number of aromatic nitrogens is 1. The first-order valence-electron chi connectivity index (χ1n) is 5.23. The van der Waals surface area contributed by atoms with E-state index in [1.54, 1.807) is 30.5 Å². The number of hydrogen-bond donors (Lipinski definition) is 1. The molecule has 0 radical (unpaired) electrons. The molecule has 0 amide bonds. The summed E-state index contributed by atoms with van der Waals surface area (Å²) in [6.45, 7) is 0.386. The van der Waals surface area contributed by atoms with Crippen LogP contribution in [0.4, 0.5) is 4.39 Å². The average molecular weight is 232 g/mol. The van der Waals surface area contributed by atoms with Gasteiger partial charge < -0.3 is 10.5 Å². The fourth-order valence-electron chi connectivity index (χ4n) is 1.58. The summed E-state index contributed by atoms with van der Waals surface area (Å²) >= 11 is 0. The number of rotatable bonds is 3. The minimum absolute atomic E-state index is 0.283. The van der Waals surface area contributed by atoms with Crippen LogP contribution in [0, 0.1) is 5.82 Å². The summed E-state index contributed by atoms with van der Waals surface area (Å²) in [6, 6.07) is 8.30. The van der Waals surface area contributed by atoms with Crippen molar-refractivity contribution in [2.45, 2.75) is 6.54 Å². The molecule has 1 aromatic heterocycles. The summed E-state index contributed by atoms with van der Waals surface area (Å²) in [5, 5.41) is 0. The Kier molecular flexibility index (Phi) is 3.35. The summed E-state index contributed by atoms with van der Waals surface area (Å²) in [5.74, 6) is 0.221. The van der Waals surface area contributed by atoms with Gasteiger partial charge in [0.2, 0.25) is 5.88 Å². The van der Waals surface area contributed by atoms with Gasteiger partial charge in [-0.25, -0.2) is 9.37 Å². The van der Waals surface area contributed by atoms with Crippen LogP contribution in [0.15, 0.2) is 36.5 Å². The minimum atomic E-state index is -0.283. The lowest BCUT2D eigenvalue weighted by molar-refractivity contribution is 0.398. The summed E-state index contributed by atoms with van der Waals surface area (Å²) < 4.78 is 18.6. The first-order chi connectivity index (χ1) is 8.24. The molecule has 0 fully saturated rings. The molecule has 0 aliphatic rings. The molecule has 1 heterocycles. The zero-order valence-electron chi connectivity index (χ0n) is 9.48. The fourth-order valence-corrected chi connectivity index (χ4v) is 1.58. The van der Waals surface area contributed by atoms with Crippen molar-refractivity contribution in [3.8, 4) is 17.0 Å². The van der Waals surface area contributed by atoms with E-state index in [1.807, 2.05) is 0 Å². The Morgan fingerprint density at radius 3 is 2.71 bits per heavy atom. The van der Waals surface area contributed by atoms with Gasteiger partial charge in [0.1, 0.15) is 5.82 Å². The lowest BCUT2D eigenvalue weighted by Gasteiger charge is -2.06. The lowest BCUT2D eigenvalue weighted by atomic mass is 10.0. The zero-order chi connectivity index (χ0) is 12.3. The molecule has 88 valence electrons. The summed E-state index contributed by atoms with van der Waals surface area (Å²) in [6.07, 6.45) is 1.58. The Labute approximate surface area is 99.1 Å². The van der Waals surface area contributed by atoms with E-state index in [0.717, 1.165) is 5.56 Å². The molecule has 2 aromatic rings. The van der Waals surface area contributed by atoms with E-state index < -0.39 is 0 Å². The van der Waals surface area contributed by atoms with E-state index in [9.17, 15) is 4.39 Å². The molecule has 0 unspecified atom stereocenters. The summed E-state index contributed by atoms with van der Waals surface area (Å²) in [4.78, 5) is 4.05. The number of nitrogens with two attached hydrogens (primary N) is 1. The SMILES string of the molecule is COc1ccc(-c2cc(CN)ccc2F)cn1. The molecule has 0 aliphatic carbocycles. The average Bonchev–Trinajstić information content (AvgIpc) is 2.39. The molecule has 0 saturated heterocycles. The highest BCUT2D eigenvalue weighted by Crippen LogP contribution is 2.24. The Hall–Kier alpha value is -1.94. The molecule has 0 bridgehead atoms. The second-order valence-electron chi connectivity index (χ2n) is 3.61. The molecule has 0 atom stereocenters. The van der Waals surface area contributed by atoms with E-state index >= 15 is 0 Å². The lowest BCUT2D eigenvalue weighted by Crippen LogP contribution is -1.97. The van der Waals surface area contributed by atoms with Crippen molar-refractivity contribution in [2.24, 2.45) is 5.73 Å². The van der Waals surface area contributed by atoms with Gasteiger partial charge in [-0.15, -0.1) is 0 Å². The second kappa shape index (κ2) is 4.93. The van der Waals surface area contributed by atoms with Gasteiger partial charge in [-0.05, 0) is 23.8 Å². The molecule has 1 aromatic carbocycles. The zero-order valence-corrected chi connectivity index (χ0v) is 9.48. The van der Waals surface area contributed by atoms with E-state index in [0.29, 0.717) is 23.6 Å². The molecule has 3 nitrogen and oxygen atoms in total. The van der Waals surface area contributed by atoms with Crippen molar-refractivity contribution in [1.82, 2.24) is 4.98 Å². The third-order valence-electron chi connectivity index (χ3n) is 2.52. The van der Waals surface area contributed by atoms with Crippen LogP contribution in [-0.4, -0.2) is 12.1 Å². The highest BCUT2D eigenvalue weighted by atomic mass is 19.1. The van der Waals surface area contributed by atoms with E-state index in [-0.39, 0.29) is 5.82 Å². The van der Waals surface area contributed by atoms with Crippen LogP contribution in [0.25, 0.3) is 11.1 Å². The molecule has 17 heavy (non-hydrogen) atoms. The topological polar surface area (TPSA) is 48.1 Å². The predicted octanol–water partition coefficient (Wildman–Crippen LogP) is 2.36. The van der Waals surface area contributed by atoms with Gasteiger partial charge in [0.25, 0.3) is 0 Å². The molecular formula is C13H13FN2O. The van der Waals surface area contributed by atoms with Crippen LogP contribution in [-0.2, 0) is 6.54 Å². The largest absolute Gasteiger partial charge is 0.481 e. The molecule has 0 saturated carbocycles. The number of methoxy groups -OCH3 is 1. The van der Waals surface area contributed by atoms with Crippen LogP contribution in [0.3, 0.4) is 0 Å². The first-order valence-corrected chi connectivity index (χ1v) is 5.23. The highest BCUT2D eigenvalue weighted by Gasteiger charge is 2.06. The number of benzene rings is 1. The van der Waals surface area contributed by atoms with Crippen LogP contribution < -0.4 is 10.5 Å². The van der Waals surface area contributed by atoms with E-state index in [4.69, 9.17) is 10.5 Å². The van der Waals surface area contributed by atoms with E-state index in [1.165, 1.54) is 13.2 Å². The van der Waals surface area contributed by atoms with Crippen molar-refractivity contribution in [3.63, 3.8) is 0 Å². The van der Waals surface area contributed by atoms with Crippen molar-refractivity contribution in [1.29, 1.82) is 0 Å². The minimum Gasteiger partial charge on any atom is -0.481 e. The van der Waals surface area contributed by atoms with Gasteiger partial charge in [0.05, 0.1) is 7.11 Å². The van der Waals surface area contributed by atoms with Gasteiger partial charge in [0.15, 0.2) is 0 Å². The highest BCUT2D eigenvalue weighted by molar-refractivity contribution is 5.64. The monoisotopic (exact) mass is 232 g/mol. The van der Waals surface area contributed by atoms with Crippen molar-refractivity contribution in [3.05, 3.63) is 47.9 Å². The smallest absolute Gasteiger partial charge is 0.212 e. The third kappa shape index (κ3) is 2.42. The van der Waals surface area contributed by atoms with Gasteiger partial charge >= 0.3 is 0 Å². The first kappa shape index (κ1) is 11.5. The van der Waals surface area contributed by atoms with Gasteiger partial charge in [-0.2, -0.15) is 0 Å². The van der Waals surface area contributed by atoms with Crippen LogP contribution in [0.2, 0.25) is 0 Å². The maximum Gasteiger partial charge on any atom is 0.212 e. The maximum atomic E-state index is 13.7.